The van der Waals surface area contributed by atoms with Crippen molar-refractivity contribution >= 4 is 5.97 Å². The maximum absolute atomic E-state index is 11.6. The molecule has 0 aromatic rings. The Hall–Kier alpha value is -0.610. The van der Waals surface area contributed by atoms with Gasteiger partial charge in [0.15, 0.2) is 0 Å². The molecule has 19 heavy (non-hydrogen) atoms. The van der Waals surface area contributed by atoms with Gasteiger partial charge in [0.05, 0.1) is 13.0 Å². The predicted molar refractivity (Wildman–Crippen MR) is 80.0 cm³/mol. The Morgan fingerprint density at radius 3 is 2.32 bits per heavy atom. The highest BCUT2D eigenvalue weighted by Gasteiger charge is 2.26. The standard InChI is InChI=1S/C15H32N2O2/c1-14(2,3)11-15(4,5)12-19-13(18)7-10-17-9-6-8-16/h17H,6-12,16H2,1-5H3. The lowest BCUT2D eigenvalue weighted by Gasteiger charge is -2.31. The number of rotatable bonds is 9. The van der Waals surface area contributed by atoms with Crippen molar-refractivity contribution in [1.82, 2.24) is 5.32 Å². The van der Waals surface area contributed by atoms with Gasteiger partial charge in [-0.1, -0.05) is 34.6 Å². The summed E-state index contributed by atoms with van der Waals surface area (Å²) in [5.41, 5.74) is 5.66. The Bertz CT molecular complexity index is 257. The smallest absolute Gasteiger partial charge is 0.307 e. The first-order valence-corrected chi connectivity index (χ1v) is 7.23. The van der Waals surface area contributed by atoms with Crippen LogP contribution >= 0.6 is 0 Å². The van der Waals surface area contributed by atoms with Gasteiger partial charge in [0.2, 0.25) is 0 Å². The number of hydrogen-bond donors (Lipinski definition) is 2. The zero-order valence-electron chi connectivity index (χ0n) is 13.3. The van der Waals surface area contributed by atoms with Crippen LogP contribution in [0.25, 0.3) is 0 Å². The van der Waals surface area contributed by atoms with E-state index >= 15 is 0 Å². The summed E-state index contributed by atoms with van der Waals surface area (Å²) in [6.07, 6.45) is 2.39. The van der Waals surface area contributed by atoms with E-state index in [1.165, 1.54) is 0 Å². The van der Waals surface area contributed by atoms with E-state index in [2.05, 4.69) is 39.9 Å². The van der Waals surface area contributed by atoms with E-state index < -0.39 is 0 Å². The molecule has 0 saturated heterocycles. The van der Waals surface area contributed by atoms with Crippen LogP contribution in [0.3, 0.4) is 0 Å². The molecule has 4 heteroatoms. The van der Waals surface area contributed by atoms with Gasteiger partial charge in [0.1, 0.15) is 0 Å². The molecule has 0 radical (unpaired) electrons. The highest BCUT2D eigenvalue weighted by atomic mass is 16.5. The highest BCUT2D eigenvalue weighted by Crippen LogP contribution is 2.33. The topological polar surface area (TPSA) is 64.3 Å². The van der Waals surface area contributed by atoms with E-state index in [0.29, 0.717) is 26.1 Å². The van der Waals surface area contributed by atoms with Crippen molar-refractivity contribution in [2.24, 2.45) is 16.6 Å². The number of nitrogens with one attached hydrogen (secondary N) is 1. The molecule has 4 nitrogen and oxygen atoms in total. The average Bonchev–Trinajstić information content (AvgIpc) is 2.23. The molecular formula is C15H32N2O2. The van der Waals surface area contributed by atoms with Crippen LogP contribution in [0, 0.1) is 10.8 Å². The zero-order chi connectivity index (χ0) is 14.9. The third-order valence-corrected chi connectivity index (χ3v) is 2.70. The van der Waals surface area contributed by atoms with E-state index in [0.717, 1.165) is 19.4 Å². The summed E-state index contributed by atoms with van der Waals surface area (Å²) in [6, 6.07) is 0. The fourth-order valence-corrected chi connectivity index (χ4v) is 2.38. The average molecular weight is 272 g/mol. The second-order valence-corrected chi connectivity index (χ2v) is 7.20. The molecule has 114 valence electrons. The maximum atomic E-state index is 11.6. The Kier molecular flexibility index (Phi) is 8.26. The fourth-order valence-electron chi connectivity index (χ4n) is 2.38. The van der Waals surface area contributed by atoms with Crippen molar-refractivity contribution in [1.29, 1.82) is 0 Å². The van der Waals surface area contributed by atoms with Gasteiger partial charge in [-0.15, -0.1) is 0 Å². The second kappa shape index (κ2) is 8.54. The molecule has 3 N–H and O–H groups in total. The van der Waals surface area contributed by atoms with Crippen LogP contribution in [0.4, 0.5) is 0 Å². The minimum Gasteiger partial charge on any atom is -0.465 e. The predicted octanol–water partition coefficient (Wildman–Crippen LogP) is 2.32. The lowest BCUT2D eigenvalue weighted by atomic mass is 9.77. The number of hydrogen-bond acceptors (Lipinski definition) is 4. The quantitative estimate of drug-likeness (QED) is 0.499. The first-order chi connectivity index (χ1) is 8.66. The van der Waals surface area contributed by atoms with Crippen LogP contribution in [0.1, 0.15) is 53.9 Å². The largest absolute Gasteiger partial charge is 0.465 e. The van der Waals surface area contributed by atoms with Gasteiger partial charge >= 0.3 is 5.97 Å². The number of carbonyl (C=O) groups is 1. The van der Waals surface area contributed by atoms with E-state index in [9.17, 15) is 4.79 Å². The molecule has 0 rings (SSSR count). The van der Waals surface area contributed by atoms with Crippen molar-refractivity contribution in [2.75, 3.05) is 26.2 Å². The lowest BCUT2D eigenvalue weighted by Crippen LogP contribution is -2.28. The Balaban J connectivity index is 3.77. The third-order valence-electron chi connectivity index (χ3n) is 2.70. The Labute approximate surface area is 118 Å². The van der Waals surface area contributed by atoms with E-state index in [-0.39, 0.29) is 16.8 Å². The molecule has 0 aliphatic heterocycles. The SMILES string of the molecule is CC(C)(C)CC(C)(C)COC(=O)CCNCCCN. The van der Waals surface area contributed by atoms with Crippen molar-refractivity contribution in [3.63, 3.8) is 0 Å². The molecule has 0 heterocycles. The van der Waals surface area contributed by atoms with Crippen LogP contribution in [0.2, 0.25) is 0 Å². The monoisotopic (exact) mass is 272 g/mol. The van der Waals surface area contributed by atoms with Gasteiger partial charge in [0.25, 0.3) is 0 Å². The van der Waals surface area contributed by atoms with Crippen molar-refractivity contribution < 1.29 is 9.53 Å². The summed E-state index contributed by atoms with van der Waals surface area (Å²) < 4.78 is 5.36. The number of esters is 1. The van der Waals surface area contributed by atoms with Gasteiger partial charge in [0, 0.05) is 6.54 Å². The fraction of sp³-hybridized carbons (Fsp3) is 0.933. The van der Waals surface area contributed by atoms with Gasteiger partial charge in [-0.2, -0.15) is 0 Å². The number of ether oxygens (including phenoxy) is 1. The molecule has 0 amide bonds. The summed E-state index contributed by atoms with van der Waals surface area (Å²) in [4.78, 5) is 11.6. The second-order valence-electron chi connectivity index (χ2n) is 7.20. The normalized spacial score (nSPS) is 12.5. The van der Waals surface area contributed by atoms with Crippen LogP contribution in [0.5, 0.6) is 0 Å². The minimum absolute atomic E-state index is 0.0287. The van der Waals surface area contributed by atoms with Gasteiger partial charge < -0.3 is 15.8 Å². The molecule has 0 unspecified atom stereocenters. The number of nitrogens with two attached hydrogens (primary N) is 1. The number of carbonyl (C=O) groups excluding carboxylic acids is 1. The summed E-state index contributed by atoms with van der Waals surface area (Å²) in [7, 11) is 0. The maximum Gasteiger partial charge on any atom is 0.307 e. The van der Waals surface area contributed by atoms with E-state index in [1.807, 2.05) is 0 Å². The van der Waals surface area contributed by atoms with Crippen molar-refractivity contribution in [2.45, 2.75) is 53.9 Å². The van der Waals surface area contributed by atoms with Crippen molar-refractivity contribution in [3.05, 3.63) is 0 Å². The first kappa shape index (κ1) is 18.4. The van der Waals surface area contributed by atoms with Crippen LogP contribution in [0.15, 0.2) is 0 Å². The molecule has 0 atom stereocenters. The van der Waals surface area contributed by atoms with Crippen LogP contribution in [-0.2, 0) is 9.53 Å². The molecule has 0 aromatic heterocycles. The van der Waals surface area contributed by atoms with Gasteiger partial charge in [-0.05, 0) is 36.8 Å². The molecule has 0 bridgehead atoms. The highest BCUT2D eigenvalue weighted by molar-refractivity contribution is 5.69. The molecule has 0 aliphatic carbocycles. The Morgan fingerprint density at radius 1 is 1.16 bits per heavy atom. The molecule has 0 spiro atoms. The van der Waals surface area contributed by atoms with E-state index in [1.54, 1.807) is 0 Å². The van der Waals surface area contributed by atoms with Crippen LogP contribution < -0.4 is 11.1 Å². The molecule has 0 fully saturated rings. The molecular weight excluding hydrogens is 240 g/mol. The molecule has 0 saturated carbocycles. The van der Waals surface area contributed by atoms with Gasteiger partial charge in [-0.25, -0.2) is 0 Å². The third kappa shape index (κ3) is 12.2. The van der Waals surface area contributed by atoms with Gasteiger partial charge in [-0.3, -0.25) is 4.79 Å². The first-order valence-electron chi connectivity index (χ1n) is 7.23. The minimum atomic E-state index is -0.123. The van der Waals surface area contributed by atoms with Crippen LogP contribution in [-0.4, -0.2) is 32.2 Å². The lowest BCUT2D eigenvalue weighted by molar-refractivity contribution is -0.147. The summed E-state index contributed by atoms with van der Waals surface area (Å²) in [5.74, 6) is -0.123. The zero-order valence-corrected chi connectivity index (χ0v) is 13.3. The Morgan fingerprint density at radius 2 is 1.79 bits per heavy atom. The summed E-state index contributed by atoms with van der Waals surface area (Å²) >= 11 is 0. The summed E-state index contributed by atoms with van der Waals surface area (Å²) in [6.45, 7) is 13.6. The molecule has 0 aromatic carbocycles. The van der Waals surface area contributed by atoms with Crippen molar-refractivity contribution in [3.8, 4) is 0 Å². The molecule has 0 aliphatic rings. The van der Waals surface area contributed by atoms with E-state index in [4.69, 9.17) is 10.5 Å². The summed E-state index contributed by atoms with van der Waals surface area (Å²) in [5, 5.41) is 3.17.